The van der Waals surface area contributed by atoms with Gasteiger partial charge in [0.15, 0.2) is 0 Å². The van der Waals surface area contributed by atoms with E-state index >= 15 is 0 Å². The first-order chi connectivity index (χ1) is 14.4. The predicted molar refractivity (Wildman–Crippen MR) is 118 cm³/mol. The van der Waals surface area contributed by atoms with Crippen LogP contribution in [-0.4, -0.2) is 44.0 Å². The van der Waals surface area contributed by atoms with E-state index in [0.29, 0.717) is 43.0 Å². The van der Waals surface area contributed by atoms with Gasteiger partial charge in [-0.25, -0.2) is 12.8 Å². The average Bonchev–Trinajstić information content (AvgIpc) is 2.75. The zero-order chi connectivity index (χ0) is 21.6. The molecular formula is C22H27FN2O3S2. The van der Waals surface area contributed by atoms with Gasteiger partial charge in [0, 0.05) is 31.1 Å². The van der Waals surface area contributed by atoms with Gasteiger partial charge in [-0.1, -0.05) is 35.9 Å². The van der Waals surface area contributed by atoms with Crippen LogP contribution < -0.4 is 5.32 Å². The third kappa shape index (κ3) is 5.83. The highest BCUT2D eigenvalue weighted by atomic mass is 32.2. The highest BCUT2D eigenvalue weighted by Crippen LogP contribution is 2.24. The van der Waals surface area contributed by atoms with Gasteiger partial charge >= 0.3 is 0 Å². The lowest BCUT2D eigenvalue weighted by Crippen LogP contribution is -2.45. The molecule has 2 aromatic carbocycles. The number of hydrogen-bond acceptors (Lipinski definition) is 4. The topological polar surface area (TPSA) is 66.5 Å². The van der Waals surface area contributed by atoms with Gasteiger partial charge in [-0.3, -0.25) is 4.79 Å². The first-order valence-electron chi connectivity index (χ1n) is 10.0. The Morgan fingerprint density at radius 3 is 2.67 bits per heavy atom. The third-order valence-electron chi connectivity index (χ3n) is 5.17. The molecule has 0 saturated carbocycles. The lowest BCUT2D eigenvalue weighted by atomic mass is 9.99. The number of carbonyl (C=O) groups is 1. The smallest absolute Gasteiger partial charge is 0.243 e. The molecule has 1 atom stereocenters. The lowest BCUT2D eigenvalue weighted by Gasteiger charge is -2.31. The van der Waals surface area contributed by atoms with Crippen molar-refractivity contribution in [2.24, 2.45) is 5.92 Å². The Morgan fingerprint density at radius 1 is 1.20 bits per heavy atom. The molecule has 1 heterocycles. The van der Waals surface area contributed by atoms with E-state index in [9.17, 15) is 17.6 Å². The van der Waals surface area contributed by atoms with Crippen LogP contribution in [0.5, 0.6) is 0 Å². The van der Waals surface area contributed by atoms with Crippen molar-refractivity contribution in [3.05, 3.63) is 65.5 Å². The Bertz CT molecular complexity index is 965. The summed E-state index contributed by atoms with van der Waals surface area (Å²) < 4.78 is 40.8. The number of sulfonamides is 1. The highest BCUT2D eigenvalue weighted by Gasteiger charge is 2.33. The number of carbonyl (C=O) groups excluding carboxylic acids is 1. The van der Waals surface area contributed by atoms with E-state index in [0.717, 1.165) is 5.56 Å². The maximum Gasteiger partial charge on any atom is 0.243 e. The molecule has 1 aliphatic heterocycles. The van der Waals surface area contributed by atoms with Gasteiger partial charge in [0.2, 0.25) is 15.9 Å². The van der Waals surface area contributed by atoms with Crippen molar-refractivity contribution in [3.8, 4) is 0 Å². The first kappa shape index (κ1) is 22.8. The number of nitrogens with zero attached hydrogens (tertiary/aromatic N) is 1. The van der Waals surface area contributed by atoms with Gasteiger partial charge in [0.1, 0.15) is 5.82 Å². The fourth-order valence-corrected chi connectivity index (χ4v) is 5.79. The zero-order valence-corrected chi connectivity index (χ0v) is 18.6. The number of aryl methyl sites for hydroxylation is 1. The number of nitrogens with one attached hydrogen (secondary N) is 1. The van der Waals surface area contributed by atoms with Crippen LogP contribution in [0, 0.1) is 18.7 Å². The first-order valence-corrected chi connectivity index (χ1v) is 12.6. The molecule has 162 valence electrons. The van der Waals surface area contributed by atoms with E-state index in [1.165, 1.54) is 10.4 Å². The monoisotopic (exact) mass is 450 g/mol. The number of amides is 1. The van der Waals surface area contributed by atoms with Gasteiger partial charge in [0.05, 0.1) is 10.8 Å². The molecule has 1 amide bonds. The molecule has 0 unspecified atom stereocenters. The molecule has 1 saturated heterocycles. The van der Waals surface area contributed by atoms with Gasteiger partial charge in [-0.15, -0.1) is 0 Å². The van der Waals surface area contributed by atoms with Crippen molar-refractivity contribution in [3.63, 3.8) is 0 Å². The summed E-state index contributed by atoms with van der Waals surface area (Å²) in [6.07, 6.45) is 1.33. The SMILES string of the molecule is Cc1ccc(S(=O)(=O)N2CCC[C@@H](C(=O)NCCSCc3ccccc3F)C2)cc1. The van der Waals surface area contributed by atoms with Crippen molar-refractivity contribution >= 4 is 27.7 Å². The normalized spacial score (nSPS) is 17.6. The number of rotatable bonds is 8. The molecule has 30 heavy (non-hydrogen) atoms. The lowest BCUT2D eigenvalue weighted by molar-refractivity contribution is -0.125. The number of halogens is 1. The predicted octanol–water partition coefficient (Wildman–Crippen LogP) is 3.58. The number of thioether (sulfide) groups is 1. The number of hydrogen-bond donors (Lipinski definition) is 1. The van der Waals surface area contributed by atoms with Crippen LogP contribution in [0.1, 0.15) is 24.0 Å². The minimum absolute atomic E-state index is 0.120. The average molecular weight is 451 g/mol. The van der Waals surface area contributed by atoms with Crippen LogP contribution in [-0.2, 0) is 20.6 Å². The molecule has 2 aromatic rings. The van der Waals surface area contributed by atoms with Gasteiger partial charge in [-0.2, -0.15) is 16.1 Å². The Morgan fingerprint density at radius 2 is 1.93 bits per heavy atom. The second-order valence-corrected chi connectivity index (χ2v) is 10.5. The van der Waals surface area contributed by atoms with E-state index < -0.39 is 10.0 Å². The van der Waals surface area contributed by atoms with Crippen molar-refractivity contribution in [2.75, 3.05) is 25.4 Å². The minimum atomic E-state index is -3.60. The Kier molecular flexibility index (Phi) is 7.91. The molecule has 1 aliphatic rings. The molecule has 1 fully saturated rings. The van der Waals surface area contributed by atoms with E-state index in [2.05, 4.69) is 5.32 Å². The van der Waals surface area contributed by atoms with Crippen molar-refractivity contribution in [1.29, 1.82) is 0 Å². The molecule has 5 nitrogen and oxygen atoms in total. The third-order valence-corrected chi connectivity index (χ3v) is 8.06. The van der Waals surface area contributed by atoms with Crippen LogP contribution in [0.4, 0.5) is 4.39 Å². The summed E-state index contributed by atoms with van der Waals surface area (Å²) in [6.45, 7) is 3.01. The van der Waals surface area contributed by atoms with Crippen molar-refractivity contribution in [2.45, 2.75) is 30.4 Å². The molecule has 0 bridgehead atoms. The van der Waals surface area contributed by atoms with E-state index in [1.54, 1.807) is 54.2 Å². The zero-order valence-electron chi connectivity index (χ0n) is 17.0. The van der Waals surface area contributed by atoms with Crippen LogP contribution in [0.2, 0.25) is 0 Å². The van der Waals surface area contributed by atoms with Gasteiger partial charge in [0.25, 0.3) is 0 Å². The molecule has 0 spiro atoms. The summed E-state index contributed by atoms with van der Waals surface area (Å²) in [5.74, 6) is 0.527. The summed E-state index contributed by atoms with van der Waals surface area (Å²) in [6, 6.07) is 13.4. The maximum atomic E-state index is 13.6. The molecule has 1 N–H and O–H groups in total. The molecule has 0 radical (unpaired) electrons. The summed E-state index contributed by atoms with van der Waals surface area (Å²) in [5.41, 5.74) is 1.65. The number of benzene rings is 2. The molecule has 3 rings (SSSR count). The maximum absolute atomic E-state index is 13.6. The summed E-state index contributed by atoms with van der Waals surface area (Å²) in [7, 11) is -3.60. The quantitative estimate of drug-likeness (QED) is 0.625. The van der Waals surface area contributed by atoms with E-state index in [-0.39, 0.29) is 29.1 Å². The Balaban J connectivity index is 1.47. The van der Waals surface area contributed by atoms with Gasteiger partial charge in [-0.05, 0) is 43.5 Å². The van der Waals surface area contributed by atoms with Crippen LogP contribution in [0.25, 0.3) is 0 Å². The standard InChI is InChI=1S/C22H27FN2O3S2/c1-17-8-10-20(11-9-17)30(27,28)25-13-4-6-18(15-25)22(26)24-12-14-29-16-19-5-2-3-7-21(19)23/h2-3,5,7-11,18H,4,6,12-16H2,1H3,(H,24,26)/t18-/m1/s1. The van der Waals surface area contributed by atoms with Crippen LogP contribution >= 0.6 is 11.8 Å². The second kappa shape index (κ2) is 10.4. The second-order valence-electron chi connectivity index (χ2n) is 7.45. The highest BCUT2D eigenvalue weighted by molar-refractivity contribution is 7.98. The van der Waals surface area contributed by atoms with E-state index in [1.807, 2.05) is 6.92 Å². The fraction of sp³-hybridized carbons (Fsp3) is 0.409. The largest absolute Gasteiger partial charge is 0.355 e. The van der Waals surface area contributed by atoms with Crippen molar-refractivity contribution in [1.82, 2.24) is 9.62 Å². The van der Waals surface area contributed by atoms with Crippen LogP contribution in [0.3, 0.4) is 0 Å². The van der Waals surface area contributed by atoms with Gasteiger partial charge < -0.3 is 5.32 Å². The Hall–Kier alpha value is -1.90. The minimum Gasteiger partial charge on any atom is -0.355 e. The van der Waals surface area contributed by atoms with E-state index in [4.69, 9.17) is 0 Å². The fourth-order valence-electron chi connectivity index (χ4n) is 3.42. The Labute approximate surface area is 182 Å². The summed E-state index contributed by atoms with van der Waals surface area (Å²) in [5, 5.41) is 2.90. The summed E-state index contributed by atoms with van der Waals surface area (Å²) >= 11 is 1.55. The molecular weight excluding hydrogens is 423 g/mol. The van der Waals surface area contributed by atoms with Crippen LogP contribution in [0.15, 0.2) is 53.4 Å². The van der Waals surface area contributed by atoms with Crippen molar-refractivity contribution < 1.29 is 17.6 Å². The molecule has 0 aliphatic carbocycles. The summed E-state index contributed by atoms with van der Waals surface area (Å²) in [4.78, 5) is 12.8. The molecule has 8 heteroatoms. The molecule has 0 aromatic heterocycles. The number of piperidine rings is 1.